The highest BCUT2D eigenvalue weighted by Crippen LogP contribution is 2.34. The van der Waals surface area contributed by atoms with Crippen LogP contribution in [0.25, 0.3) is 0 Å². The summed E-state index contributed by atoms with van der Waals surface area (Å²) in [6.45, 7) is 2.17. The van der Waals surface area contributed by atoms with E-state index >= 15 is 0 Å². The highest BCUT2D eigenvalue weighted by molar-refractivity contribution is 9.10. The maximum atomic E-state index is 12.3. The number of carbonyl (C=O) groups is 1. The molecule has 20 heavy (non-hydrogen) atoms. The Kier molecular flexibility index (Phi) is 3.36. The lowest BCUT2D eigenvalue weighted by Gasteiger charge is -2.08. The molecule has 5 heteroatoms. The summed E-state index contributed by atoms with van der Waals surface area (Å²) in [6, 6.07) is 11.0. The van der Waals surface area contributed by atoms with E-state index in [0.717, 1.165) is 10.0 Å². The van der Waals surface area contributed by atoms with Gasteiger partial charge in [-0.25, -0.2) is 0 Å². The Bertz CT molecular complexity index is 685. The van der Waals surface area contributed by atoms with Crippen molar-refractivity contribution in [3.05, 3.63) is 52.0 Å². The zero-order valence-electron chi connectivity index (χ0n) is 10.8. The monoisotopic (exact) mass is 333 g/mol. The Hall–Kier alpha value is -2.01. The van der Waals surface area contributed by atoms with Gasteiger partial charge in [-0.3, -0.25) is 4.79 Å². The molecular formula is C15H12BrNO3. The van der Waals surface area contributed by atoms with Gasteiger partial charge in [0, 0.05) is 16.2 Å². The average Bonchev–Trinajstić information content (AvgIpc) is 2.89. The van der Waals surface area contributed by atoms with Crippen molar-refractivity contribution in [2.45, 2.75) is 6.92 Å². The molecule has 102 valence electrons. The van der Waals surface area contributed by atoms with Crippen LogP contribution in [0, 0.1) is 6.92 Å². The molecule has 0 spiro atoms. The molecule has 3 rings (SSSR count). The molecule has 0 atom stereocenters. The van der Waals surface area contributed by atoms with Crippen LogP contribution >= 0.6 is 15.9 Å². The minimum Gasteiger partial charge on any atom is -0.454 e. The molecule has 4 nitrogen and oxygen atoms in total. The van der Waals surface area contributed by atoms with Crippen LogP contribution in [0.15, 0.2) is 40.9 Å². The Morgan fingerprint density at radius 2 is 1.95 bits per heavy atom. The first-order chi connectivity index (χ1) is 9.63. The van der Waals surface area contributed by atoms with Crippen LogP contribution in [0.3, 0.4) is 0 Å². The smallest absolute Gasteiger partial charge is 0.256 e. The third-order valence-corrected chi connectivity index (χ3v) is 3.69. The second-order valence-electron chi connectivity index (χ2n) is 4.51. The number of carbonyl (C=O) groups excluding carboxylic acids is 1. The molecule has 0 aliphatic carbocycles. The molecule has 1 N–H and O–H groups in total. The fraction of sp³-hybridized carbons (Fsp3) is 0.133. The van der Waals surface area contributed by atoms with Crippen LogP contribution in [0.5, 0.6) is 11.5 Å². The van der Waals surface area contributed by atoms with E-state index in [2.05, 4.69) is 21.2 Å². The van der Waals surface area contributed by atoms with Crippen molar-refractivity contribution in [3.8, 4) is 11.5 Å². The van der Waals surface area contributed by atoms with Crippen LogP contribution in [0.2, 0.25) is 0 Å². The van der Waals surface area contributed by atoms with Crippen LogP contribution in [0.1, 0.15) is 15.9 Å². The Morgan fingerprint density at radius 3 is 2.80 bits per heavy atom. The first-order valence-corrected chi connectivity index (χ1v) is 6.90. The van der Waals surface area contributed by atoms with Gasteiger partial charge in [-0.05, 0) is 47.1 Å². The van der Waals surface area contributed by atoms with Crippen molar-refractivity contribution in [3.63, 3.8) is 0 Å². The van der Waals surface area contributed by atoms with Crippen LogP contribution < -0.4 is 14.8 Å². The molecule has 0 bridgehead atoms. The third-order valence-electron chi connectivity index (χ3n) is 3.00. The van der Waals surface area contributed by atoms with Gasteiger partial charge in [0.2, 0.25) is 6.79 Å². The normalized spacial score (nSPS) is 12.3. The number of aryl methyl sites for hydroxylation is 1. The van der Waals surface area contributed by atoms with Gasteiger partial charge in [0.25, 0.3) is 5.91 Å². The van der Waals surface area contributed by atoms with Crippen molar-refractivity contribution < 1.29 is 14.3 Å². The van der Waals surface area contributed by atoms with Gasteiger partial charge in [0.1, 0.15) is 0 Å². The van der Waals surface area contributed by atoms with Crippen LogP contribution in [0.4, 0.5) is 5.69 Å². The summed E-state index contributed by atoms with van der Waals surface area (Å²) >= 11 is 3.39. The molecule has 0 saturated carbocycles. The first kappa shape index (κ1) is 13.0. The maximum Gasteiger partial charge on any atom is 0.256 e. The summed E-state index contributed by atoms with van der Waals surface area (Å²) in [7, 11) is 0. The summed E-state index contributed by atoms with van der Waals surface area (Å²) in [4.78, 5) is 12.3. The number of nitrogens with one attached hydrogen (secondary N) is 1. The minimum atomic E-state index is -0.167. The summed E-state index contributed by atoms with van der Waals surface area (Å²) in [5, 5.41) is 2.85. The van der Waals surface area contributed by atoms with Crippen LogP contribution in [-0.4, -0.2) is 12.7 Å². The molecule has 2 aromatic rings. The maximum absolute atomic E-state index is 12.3. The lowest BCUT2D eigenvalue weighted by Crippen LogP contribution is -2.12. The molecule has 0 fully saturated rings. The highest BCUT2D eigenvalue weighted by atomic mass is 79.9. The average molecular weight is 334 g/mol. The second kappa shape index (κ2) is 5.17. The van der Waals surface area contributed by atoms with Gasteiger partial charge in [-0.2, -0.15) is 0 Å². The SMILES string of the molecule is Cc1ccc(Br)c(C(=O)Nc2ccc3c(c2)OCO3)c1. The van der Waals surface area contributed by atoms with E-state index in [1.165, 1.54) is 0 Å². The molecule has 0 aromatic heterocycles. The van der Waals surface area contributed by atoms with Gasteiger partial charge in [-0.1, -0.05) is 11.6 Å². The number of rotatable bonds is 2. The molecular weight excluding hydrogens is 322 g/mol. The Labute approximate surface area is 124 Å². The molecule has 0 unspecified atom stereocenters. The molecule has 1 heterocycles. The zero-order valence-corrected chi connectivity index (χ0v) is 12.4. The fourth-order valence-corrected chi connectivity index (χ4v) is 2.41. The number of anilines is 1. The highest BCUT2D eigenvalue weighted by Gasteiger charge is 2.15. The van der Waals surface area contributed by atoms with E-state index in [0.29, 0.717) is 22.7 Å². The van der Waals surface area contributed by atoms with Crippen LogP contribution in [-0.2, 0) is 0 Å². The number of fused-ring (bicyclic) bond motifs is 1. The number of halogens is 1. The molecule has 1 aliphatic heterocycles. The predicted molar refractivity (Wildman–Crippen MR) is 79.4 cm³/mol. The van der Waals surface area contributed by atoms with E-state index in [1.807, 2.05) is 25.1 Å². The molecule has 1 amide bonds. The Morgan fingerprint density at radius 1 is 1.15 bits per heavy atom. The second-order valence-corrected chi connectivity index (χ2v) is 5.36. The molecule has 2 aromatic carbocycles. The van der Waals surface area contributed by atoms with E-state index in [1.54, 1.807) is 18.2 Å². The topological polar surface area (TPSA) is 47.6 Å². The molecule has 1 aliphatic rings. The van der Waals surface area contributed by atoms with Crippen molar-refractivity contribution in [2.24, 2.45) is 0 Å². The first-order valence-electron chi connectivity index (χ1n) is 6.10. The lowest BCUT2D eigenvalue weighted by atomic mass is 10.1. The number of benzene rings is 2. The van der Waals surface area contributed by atoms with E-state index in [4.69, 9.17) is 9.47 Å². The number of amides is 1. The van der Waals surface area contributed by atoms with E-state index in [-0.39, 0.29) is 12.7 Å². The number of hydrogen-bond donors (Lipinski definition) is 1. The van der Waals surface area contributed by atoms with Gasteiger partial charge in [0.15, 0.2) is 11.5 Å². The van der Waals surface area contributed by atoms with Gasteiger partial charge < -0.3 is 14.8 Å². The minimum absolute atomic E-state index is 0.167. The Balaban J connectivity index is 1.84. The van der Waals surface area contributed by atoms with E-state index in [9.17, 15) is 4.79 Å². The van der Waals surface area contributed by atoms with Gasteiger partial charge in [0.05, 0.1) is 5.56 Å². The van der Waals surface area contributed by atoms with Crippen molar-refractivity contribution in [2.75, 3.05) is 12.1 Å². The number of hydrogen-bond acceptors (Lipinski definition) is 3. The fourth-order valence-electron chi connectivity index (χ4n) is 1.99. The van der Waals surface area contributed by atoms with Crippen molar-refractivity contribution in [1.29, 1.82) is 0 Å². The summed E-state index contributed by atoms with van der Waals surface area (Å²) in [5.74, 6) is 1.17. The summed E-state index contributed by atoms with van der Waals surface area (Å²) in [5.41, 5.74) is 2.30. The molecule has 0 saturated heterocycles. The standard InChI is InChI=1S/C15H12BrNO3/c1-9-2-4-12(16)11(6-9)15(18)17-10-3-5-13-14(7-10)20-8-19-13/h2-7H,8H2,1H3,(H,17,18). The lowest BCUT2D eigenvalue weighted by molar-refractivity contribution is 0.102. The van der Waals surface area contributed by atoms with Gasteiger partial charge in [-0.15, -0.1) is 0 Å². The zero-order chi connectivity index (χ0) is 14.1. The number of ether oxygens (including phenoxy) is 2. The largest absolute Gasteiger partial charge is 0.454 e. The van der Waals surface area contributed by atoms with Crippen molar-refractivity contribution >= 4 is 27.5 Å². The van der Waals surface area contributed by atoms with E-state index < -0.39 is 0 Å². The third kappa shape index (κ3) is 2.49. The van der Waals surface area contributed by atoms with Crippen molar-refractivity contribution in [1.82, 2.24) is 0 Å². The quantitative estimate of drug-likeness (QED) is 0.910. The summed E-state index contributed by atoms with van der Waals surface area (Å²) in [6.07, 6.45) is 0. The summed E-state index contributed by atoms with van der Waals surface area (Å²) < 4.78 is 11.3. The molecule has 0 radical (unpaired) electrons. The van der Waals surface area contributed by atoms with Gasteiger partial charge >= 0.3 is 0 Å². The predicted octanol–water partition coefficient (Wildman–Crippen LogP) is 3.74.